The Bertz CT molecular complexity index is 1560. The molecule has 2 heterocycles. The molecule has 3 aromatic carbocycles. The number of nitrogens with zero attached hydrogens (tertiary/aromatic N) is 1. The monoisotopic (exact) mass is 489 g/mol. The number of carbonyl (C=O) groups is 2. The minimum absolute atomic E-state index is 0.0603. The first-order chi connectivity index (χ1) is 16.8. The number of hydrogen-bond acceptors (Lipinski definition) is 6. The van der Waals surface area contributed by atoms with Gasteiger partial charge in [-0.25, -0.2) is 0 Å². The van der Waals surface area contributed by atoms with E-state index in [1.54, 1.807) is 55.5 Å². The molecule has 35 heavy (non-hydrogen) atoms. The van der Waals surface area contributed by atoms with E-state index in [2.05, 4.69) is 0 Å². The molecule has 1 aliphatic rings. The number of carbonyl (C=O) groups excluding carboxylic acids is 2. The summed E-state index contributed by atoms with van der Waals surface area (Å²) in [4.78, 5) is 40.5. The summed E-state index contributed by atoms with van der Waals surface area (Å²) in [5, 5.41) is 10.8. The van der Waals surface area contributed by atoms with Gasteiger partial charge in [0, 0.05) is 16.3 Å². The zero-order valence-corrected chi connectivity index (χ0v) is 19.6. The molecule has 1 amide bonds. The zero-order valence-electron chi connectivity index (χ0n) is 18.9. The summed E-state index contributed by atoms with van der Waals surface area (Å²) in [5.74, 6) is -0.512. The average molecular weight is 490 g/mol. The Labute approximate surface area is 205 Å². The van der Waals surface area contributed by atoms with Crippen molar-refractivity contribution >= 4 is 39.9 Å². The maximum absolute atomic E-state index is 13.7. The lowest BCUT2D eigenvalue weighted by Crippen LogP contribution is -2.29. The Kier molecular flexibility index (Phi) is 5.57. The van der Waals surface area contributed by atoms with Crippen molar-refractivity contribution in [3.8, 4) is 11.5 Å². The number of anilines is 1. The molecule has 0 radical (unpaired) electrons. The molecule has 8 heteroatoms. The predicted octanol–water partition coefficient (Wildman–Crippen LogP) is 5.50. The third-order valence-electron chi connectivity index (χ3n) is 5.98. The van der Waals surface area contributed by atoms with Crippen LogP contribution < -0.4 is 15.1 Å². The Balaban J connectivity index is 1.77. The molecule has 0 saturated heterocycles. The number of benzene rings is 3. The quantitative estimate of drug-likeness (QED) is 0.372. The summed E-state index contributed by atoms with van der Waals surface area (Å²) in [6, 6.07) is 15.0. The van der Waals surface area contributed by atoms with E-state index in [0.29, 0.717) is 28.4 Å². The van der Waals surface area contributed by atoms with Gasteiger partial charge in [-0.05, 0) is 74.0 Å². The molecule has 1 unspecified atom stereocenters. The normalized spacial score (nSPS) is 14.9. The van der Waals surface area contributed by atoms with Crippen LogP contribution in [-0.2, 0) is 0 Å². The summed E-state index contributed by atoms with van der Waals surface area (Å²) < 4.78 is 11.5. The third-order valence-corrected chi connectivity index (χ3v) is 6.22. The van der Waals surface area contributed by atoms with Gasteiger partial charge in [-0.15, -0.1) is 0 Å². The molecular formula is C27H20ClNO6. The highest BCUT2D eigenvalue weighted by atomic mass is 35.5. The van der Waals surface area contributed by atoms with Gasteiger partial charge in [0.1, 0.15) is 5.58 Å². The number of Topliss-reactive ketones (excluding diaryl/α,β-unsaturated/α-hetero) is 1. The third kappa shape index (κ3) is 3.74. The maximum atomic E-state index is 13.7. The molecule has 176 valence electrons. The van der Waals surface area contributed by atoms with E-state index in [-0.39, 0.29) is 45.0 Å². The fourth-order valence-electron chi connectivity index (χ4n) is 4.36. The van der Waals surface area contributed by atoms with E-state index < -0.39 is 11.9 Å². The van der Waals surface area contributed by atoms with Crippen molar-refractivity contribution in [3.63, 3.8) is 0 Å². The standard InChI is InChI=1S/C27H20ClNO6/c1-3-34-22-12-16(6-10-20(22)31)24-23-25(32)19-13-17(28)7-11-21(19)35-26(23)27(33)29(24)18-8-4-15(5-9-18)14(2)30/h4-13,24,31H,3H2,1-2H3. The highest BCUT2D eigenvalue weighted by Crippen LogP contribution is 2.43. The number of fused-ring (bicyclic) bond motifs is 2. The number of ketones is 1. The van der Waals surface area contributed by atoms with Crippen LogP contribution in [0.4, 0.5) is 5.69 Å². The second-order valence-electron chi connectivity index (χ2n) is 8.16. The fraction of sp³-hybridized carbons (Fsp3) is 0.148. The van der Waals surface area contributed by atoms with Gasteiger partial charge in [-0.1, -0.05) is 17.7 Å². The zero-order chi connectivity index (χ0) is 24.9. The van der Waals surface area contributed by atoms with Crippen molar-refractivity contribution in [2.24, 2.45) is 0 Å². The van der Waals surface area contributed by atoms with E-state index in [4.69, 9.17) is 20.8 Å². The first kappa shape index (κ1) is 22.7. The second kappa shape index (κ2) is 8.60. The smallest absolute Gasteiger partial charge is 0.295 e. The van der Waals surface area contributed by atoms with Gasteiger partial charge in [0.05, 0.1) is 23.6 Å². The van der Waals surface area contributed by atoms with Crippen LogP contribution in [0.2, 0.25) is 5.02 Å². The summed E-state index contributed by atoms with van der Waals surface area (Å²) in [7, 11) is 0. The van der Waals surface area contributed by atoms with Gasteiger partial charge in [0.15, 0.2) is 22.7 Å². The van der Waals surface area contributed by atoms with Gasteiger partial charge in [-0.2, -0.15) is 0 Å². The first-order valence-corrected chi connectivity index (χ1v) is 11.3. The lowest BCUT2D eigenvalue weighted by atomic mass is 9.97. The fourth-order valence-corrected chi connectivity index (χ4v) is 4.53. The number of ether oxygens (including phenoxy) is 1. The molecule has 1 atom stereocenters. The van der Waals surface area contributed by atoms with E-state index in [1.165, 1.54) is 24.0 Å². The van der Waals surface area contributed by atoms with Crippen LogP contribution in [0.25, 0.3) is 11.0 Å². The molecule has 0 aliphatic carbocycles. The SMILES string of the molecule is CCOc1cc(C2c3c(oc4ccc(Cl)cc4c3=O)C(=O)N2c2ccc(C(C)=O)cc2)ccc1O. The van der Waals surface area contributed by atoms with Crippen LogP contribution >= 0.6 is 11.6 Å². The number of halogens is 1. The summed E-state index contributed by atoms with van der Waals surface area (Å²) in [6.45, 7) is 3.56. The predicted molar refractivity (Wildman–Crippen MR) is 132 cm³/mol. The van der Waals surface area contributed by atoms with Crippen LogP contribution in [0.3, 0.4) is 0 Å². The van der Waals surface area contributed by atoms with Gasteiger partial charge in [-0.3, -0.25) is 19.3 Å². The Hall–Kier alpha value is -4.10. The molecule has 1 aliphatic heterocycles. The number of phenols is 1. The average Bonchev–Trinajstić information content (AvgIpc) is 3.13. The van der Waals surface area contributed by atoms with Crippen molar-refractivity contribution < 1.29 is 23.8 Å². The van der Waals surface area contributed by atoms with E-state index in [9.17, 15) is 19.5 Å². The van der Waals surface area contributed by atoms with Crippen LogP contribution in [-0.4, -0.2) is 23.4 Å². The van der Waals surface area contributed by atoms with Crippen molar-refractivity contribution in [2.75, 3.05) is 11.5 Å². The summed E-state index contributed by atoms with van der Waals surface area (Å²) in [5.41, 5.74) is 1.54. The van der Waals surface area contributed by atoms with Gasteiger partial charge in [0.25, 0.3) is 5.91 Å². The van der Waals surface area contributed by atoms with Gasteiger partial charge < -0.3 is 14.3 Å². The molecule has 0 saturated carbocycles. The lowest BCUT2D eigenvalue weighted by Gasteiger charge is -2.26. The number of rotatable bonds is 5. The highest BCUT2D eigenvalue weighted by molar-refractivity contribution is 6.31. The van der Waals surface area contributed by atoms with Crippen molar-refractivity contribution in [1.29, 1.82) is 0 Å². The maximum Gasteiger partial charge on any atom is 0.295 e. The van der Waals surface area contributed by atoms with Crippen molar-refractivity contribution in [3.05, 3.63) is 98.4 Å². The highest BCUT2D eigenvalue weighted by Gasteiger charge is 2.44. The molecule has 0 spiro atoms. The molecule has 5 rings (SSSR count). The summed E-state index contributed by atoms with van der Waals surface area (Å²) >= 11 is 6.13. The number of amides is 1. The molecule has 1 aromatic heterocycles. The van der Waals surface area contributed by atoms with E-state index >= 15 is 0 Å². The number of aromatic hydroxyl groups is 1. The number of hydrogen-bond donors (Lipinski definition) is 1. The lowest BCUT2D eigenvalue weighted by molar-refractivity contribution is 0.0970. The Morgan fingerprint density at radius 2 is 1.83 bits per heavy atom. The van der Waals surface area contributed by atoms with Crippen LogP contribution in [0.5, 0.6) is 11.5 Å². The number of phenolic OH excluding ortho intramolecular Hbond substituents is 1. The molecule has 4 aromatic rings. The van der Waals surface area contributed by atoms with E-state index in [0.717, 1.165) is 0 Å². The van der Waals surface area contributed by atoms with Gasteiger partial charge in [0.2, 0.25) is 5.76 Å². The Morgan fingerprint density at radius 3 is 2.51 bits per heavy atom. The van der Waals surface area contributed by atoms with Crippen molar-refractivity contribution in [2.45, 2.75) is 19.9 Å². The first-order valence-electron chi connectivity index (χ1n) is 11.0. The largest absolute Gasteiger partial charge is 0.504 e. The van der Waals surface area contributed by atoms with Crippen molar-refractivity contribution in [1.82, 2.24) is 0 Å². The molecular weight excluding hydrogens is 470 g/mol. The van der Waals surface area contributed by atoms with E-state index in [1.807, 2.05) is 0 Å². The second-order valence-corrected chi connectivity index (χ2v) is 8.59. The molecule has 0 bridgehead atoms. The van der Waals surface area contributed by atoms with Crippen LogP contribution in [0.15, 0.2) is 69.9 Å². The molecule has 7 nitrogen and oxygen atoms in total. The summed E-state index contributed by atoms with van der Waals surface area (Å²) in [6.07, 6.45) is 0. The van der Waals surface area contributed by atoms with Crippen LogP contribution in [0.1, 0.15) is 51.9 Å². The van der Waals surface area contributed by atoms with Gasteiger partial charge >= 0.3 is 0 Å². The minimum Gasteiger partial charge on any atom is -0.504 e. The minimum atomic E-state index is -0.861. The molecule has 0 fully saturated rings. The van der Waals surface area contributed by atoms with Crippen LogP contribution in [0, 0.1) is 0 Å². The molecule has 1 N–H and O–H groups in total. The topological polar surface area (TPSA) is 97.0 Å². The Morgan fingerprint density at radius 1 is 1.09 bits per heavy atom.